The van der Waals surface area contributed by atoms with Crippen molar-refractivity contribution in [3.63, 3.8) is 0 Å². The van der Waals surface area contributed by atoms with Crippen LogP contribution < -0.4 is 5.32 Å². The summed E-state index contributed by atoms with van der Waals surface area (Å²) in [6.45, 7) is 3.76. The molecule has 0 fully saturated rings. The monoisotopic (exact) mass is 303 g/mol. The molecular weight excluding hydrogens is 274 g/mol. The molecule has 0 spiro atoms. The molecule has 0 bridgehead atoms. The van der Waals surface area contributed by atoms with Crippen LogP contribution in [0.25, 0.3) is 0 Å². The number of Topliss-reactive ketones (excluding diaryl/α,β-unsaturated/α-hetero) is 1. The lowest BCUT2D eigenvalue weighted by Crippen LogP contribution is -2.11. The second-order valence-electron chi connectivity index (χ2n) is 5.91. The second kappa shape index (κ2) is 11.0. The number of amides is 1. The number of rotatable bonds is 11. The Hall–Kier alpha value is -1.64. The lowest BCUT2D eigenvalue weighted by molar-refractivity contribution is -0.116. The summed E-state index contributed by atoms with van der Waals surface area (Å²) in [5.41, 5.74) is 1.34. The van der Waals surface area contributed by atoms with Crippen molar-refractivity contribution in [1.82, 2.24) is 0 Å². The standard InChI is InChI=1S/C19H29NO2/c1-3-4-5-6-7-8-9-10-14-19(22)20-18-13-11-12-17(15-18)16(2)21/h11-13,15H,3-10,14H2,1-2H3,(H,20,22). The third-order valence-corrected chi connectivity index (χ3v) is 3.81. The van der Waals surface area contributed by atoms with Gasteiger partial charge in [0.1, 0.15) is 0 Å². The van der Waals surface area contributed by atoms with Crippen molar-refractivity contribution >= 4 is 17.4 Å². The van der Waals surface area contributed by atoms with E-state index in [1.165, 1.54) is 45.4 Å². The van der Waals surface area contributed by atoms with Crippen molar-refractivity contribution in [3.8, 4) is 0 Å². The van der Waals surface area contributed by atoms with Crippen LogP contribution in [-0.2, 0) is 4.79 Å². The van der Waals surface area contributed by atoms with Gasteiger partial charge >= 0.3 is 0 Å². The number of benzene rings is 1. The first-order chi connectivity index (χ1) is 10.6. The molecule has 1 N–H and O–H groups in total. The summed E-state index contributed by atoms with van der Waals surface area (Å²) in [5.74, 6) is 0.0471. The summed E-state index contributed by atoms with van der Waals surface area (Å²) in [4.78, 5) is 23.2. The minimum Gasteiger partial charge on any atom is -0.326 e. The lowest BCUT2D eigenvalue weighted by atomic mass is 10.1. The van der Waals surface area contributed by atoms with Crippen LogP contribution in [0.5, 0.6) is 0 Å². The first-order valence-corrected chi connectivity index (χ1v) is 8.54. The first-order valence-electron chi connectivity index (χ1n) is 8.54. The molecule has 1 amide bonds. The van der Waals surface area contributed by atoms with Gasteiger partial charge in [-0.25, -0.2) is 0 Å². The predicted octanol–water partition coefficient (Wildman–Crippen LogP) is 5.36. The topological polar surface area (TPSA) is 46.2 Å². The van der Waals surface area contributed by atoms with E-state index in [1.54, 1.807) is 18.2 Å². The van der Waals surface area contributed by atoms with E-state index in [0.29, 0.717) is 17.7 Å². The number of anilines is 1. The smallest absolute Gasteiger partial charge is 0.224 e. The summed E-state index contributed by atoms with van der Waals surface area (Å²) in [7, 11) is 0. The van der Waals surface area contributed by atoms with Crippen LogP contribution >= 0.6 is 0 Å². The molecule has 22 heavy (non-hydrogen) atoms. The highest BCUT2D eigenvalue weighted by Gasteiger charge is 2.04. The second-order valence-corrected chi connectivity index (χ2v) is 5.91. The highest BCUT2D eigenvalue weighted by molar-refractivity contribution is 5.97. The van der Waals surface area contributed by atoms with Gasteiger partial charge in [-0.3, -0.25) is 9.59 Å². The van der Waals surface area contributed by atoms with Crippen LogP contribution in [0, 0.1) is 0 Å². The molecule has 0 heterocycles. The fraction of sp³-hybridized carbons (Fsp3) is 0.579. The summed E-state index contributed by atoms with van der Waals surface area (Å²) in [6, 6.07) is 7.10. The Kier molecular flexibility index (Phi) is 9.20. The maximum atomic E-state index is 11.9. The molecule has 0 aromatic heterocycles. The molecule has 0 saturated carbocycles. The Morgan fingerprint density at radius 2 is 1.59 bits per heavy atom. The number of carbonyl (C=O) groups is 2. The zero-order valence-electron chi connectivity index (χ0n) is 14.0. The van der Waals surface area contributed by atoms with Gasteiger partial charge in [0, 0.05) is 17.7 Å². The quantitative estimate of drug-likeness (QED) is 0.442. The van der Waals surface area contributed by atoms with Gasteiger partial charge in [-0.05, 0) is 25.5 Å². The molecule has 3 nitrogen and oxygen atoms in total. The van der Waals surface area contributed by atoms with E-state index in [0.717, 1.165) is 12.8 Å². The molecule has 0 aliphatic heterocycles. The number of hydrogen-bond acceptors (Lipinski definition) is 2. The van der Waals surface area contributed by atoms with E-state index >= 15 is 0 Å². The lowest BCUT2D eigenvalue weighted by Gasteiger charge is -2.06. The molecule has 1 aromatic rings. The van der Waals surface area contributed by atoms with Crippen LogP contribution in [0.15, 0.2) is 24.3 Å². The van der Waals surface area contributed by atoms with Crippen molar-refractivity contribution in [2.24, 2.45) is 0 Å². The molecule has 0 radical (unpaired) electrons. The van der Waals surface area contributed by atoms with E-state index in [-0.39, 0.29) is 11.7 Å². The number of nitrogens with one attached hydrogen (secondary N) is 1. The highest BCUT2D eigenvalue weighted by Crippen LogP contribution is 2.13. The van der Waals surface area contributed by atoms with Crippen LogP contribution in [0.3, 0.4) is 0 Å². The molecule has 0 unspecified atom stereocenters. The molecule has 0 saturated heterocycles. The van der Waals surface area contributed by atoms with E-state index < -0.39 is 0 Å². The predicted molar refractivity (Wildman–Crippen MR) is 92.3 cm³/mol. The highest BCUT2D eigenvalue weighted by atomic mass is 16.1. The average Bonchev–Trinajstić information content (AvgIpc) is 2.50. The molecule has 0 atom stereocenters. The van der Waals surface area contributed by atoms with Crippen LogP contribution in [-0.4, -0.2) is 11.7 Å². The summed E-state index contributed by atoms with van der Waals surface area (Å²) in [6.07, 6.45) is 10.4. The van der Waals surface area contributed by atoms with E-state index in [2.05, 4.69) is 12.2 Å². The van der Waals surface area contributed by atoms with Gasteiger partial charge in [0.2, 0.25) is 5.91 Å². The van der Waals surface area contributed by atoms with Crippen LogP contribution in [0.1, 0.15) is 82.0 Å². The van der Waals surface area contributed by atoms with Gasteiger partial charge in [-0.1, -0.05) is 64.0 Å². The summed E-state index contributed by atoms with van der Waals surface area (Å²) < 4.78 is 0. The van der Waals surface area contributed by atoms with Crippen molar-refractivity contribution in [1.29, 1.82) is 0 Å². The zero-order chi connectivity index (χ0) is 16.2. The minimum atomic E-state index is 0.0131. The normalized spacial score (nSPS) is 10.5. The molecule has 3 heteroatoms. The number of carbonyl (C=O) groups excluding carboxylic acids is 2. The summed E-state index contributed by atoms with van der Waals surface area (Å²) in [5, 5.41) is 2.86. The Balaban J connectivity index is 2.16. The summed E-state index contributed by atoms with van der Waals surface area (Å²) >= 11 is 0. The fourth-order valence-electron chi connectivity index (χ4n) is 2.46. The van der Waals surface area contributed by atoms with Gasteiger partial charge in [0.25, 0.3) is 0 Å². The van der Waals surface area contributed by atoms with Crippen molar-refractivity contribution in [3.05, 3.63) is 29.8 Å². The van der Waals surface area contributed by atoms with Gasteiger partial charge in [0.15, 0.2) is 5.78 Å². The maximum Gasteiger partial charge on any atom is 0.224 e. The molecule has 0 aliphatic rings. The van der Waals surface area contributed by atoms with Crippen molar-refractivity contribution in [2.75, 3.05) is 5.32 Å². The minimum absolute atomic E-state index is 0.0131. The van der Waals surface area contributed by atoms with Gasteiger partial charge in [-0.2, -0.15) is 0 Å². The van der Waals surface area contributed by atoms with Gasteiger partial charge in [0.05, 0.1) is 0 Å². The van der Waals surface area contributed by atoms with E-state index in [9.17, 15) is 9.59 Å². The van der Waals surface area contributed by atoms with Gasteiger partial charge in [-0.15, -0.1) is 0 Å². The Bertz CT molecular complexity index is 468. The zero-order valence-corrected chi connectivity index (χ0v) is 14.0. The molecular formula is C19H29NO2. The largest absolute Gasteiger partial charge is 0.326 e. The molecule has 1 aromatic carbocycles. The number of hydrogen-bond donors (Lipinski definition) is 1. The van der Waals surface area contributed by atoms with Crippen LogP contribution in [0.2, 0.25) is 0 Å². The van der Waals surface area contributed by atoms with Crippen molar-refractivity contribution in [2.45, 2.75) is 71.6 Å². The number of unbranched alkanes of at least 4 members (excludes halogenated alkanes) is 7. The van der Waals surface area contributed by atoms with Gasteiger partial charge < -0.3 is 5.32 Å². The van der Waals surface area contributed by atoms with E-state index in [4.69, 9.17) is 0 Å². The Labute approximate surface area is 134 Å². The number of ketones is 1. The van der Waals surface area contributed by atoms with Crippen LogP contribution in [0.4, 0.5) is 5.69 Å². The Morgan fingerprint density at radius 3 is 2.23 bits per heavy atom. The molecule has 1 rings (SSSR count). The first kappa shape index (κ1) is 18.4. The Morgan fingerprint density at radius 1 is 0.955 bits per heavy atom. The SMILES string of the molecule is CCCCCCCCCCC(=O)Nc1cccc(C(C)=O)c1. The van der Waals surface area contributed by atoms with E-state index in [1.807, 2.05) is 6.07 Å². The third kappa shape index (κ3) is 7.96. The maximum absolute atomic E-state index is 11.9. The molecule has 122 valence electrons. The third-order valence-electron chi connectivity index (χ3n) is 3.81. The average molecular weight is 303 g/mol. The van der Waals surface area contributed by atoms with Crippen molar-refractivity contribution < 1.29 is 9.59 Å². The fourth-order valence-corrected chi connectivity index (χ4v) is 2.46. The molecule has 0 aliphatic carbocycles.